The van der Waals surface area contributed by atoms with Gasteiger partial charge in [0.1, 0.15) is 11.5 Å². The van der Waals surface area contributed by atoms with E-state index in [1.165, 1.54) is 11.1 Å². The number of rotatable bonds is 5. The van der Waals surface area contributed by atoms with E-state index < -0.39 is 0 Å². The third-order valence-electron chi connectivity index (χ3n) is 3.72. The van der Waals surface area contributed by atoms with Gasteiger partial charge in [0.2, 0.25) is 0 Å². The lowest BCUT2D eigenvalue weighted by Gasteiger charge is -2.22. The van der Waals surface area contributed by atoms with Crippen LogP contribution in [0.15, 0.2) is 36.4 Å². The Morgan fingerprint density at radius 2 is 1.71 bits per heavy atom. The molecule has 0 unspecified atom stereocenters. The number of hydrogen-bond acceptors (Lipinski definition) is 3. The van der Waals surface area contributed by atoms with Gasteiger partial charge in [-0.1, -0.05) is 6.07 Å². The van der Waals surface area contributed by atoms with Crippen LogP contribution in [0.3, 0.4) is 0 Å². The lowest BCUT2D eigenvalue weighted by molar-refractivity contribution is 0.384. The van der Waals surface area contributed by atoms with Gasteiger partial charge in [-0.15, -0.1) is 0 Å². The SMILES string of the molecule is COc1ccc(CN(C)C(=S)Nc2cc(C)cc(C)c2)c(OC)c1. The summed E-state index contributed by atoms with van der Waals surface area (Å²) in [7, 11) is 5.26. The van der Waals surface area contributed by atoms with Crippen molar-refractivity contribution in [3.63, 3.8) is 0 Å². The van der Waals surface area contributed by atoms with Crippen molar-refractivity contribution in [1.29, 1.82) is 0 Å². The monoisotopic (exact) mass is 344 g/mol. The molecule has 0 radical (unpaired) electrons. The summed E-state index contributed by atoms with van der Waals surface area (Å²) < 4.78 is 10.7. The fourth-order valence-electron chi connectivity index (χ4n) is 2.58. The second kappa shape index (κ2) is 8.02. The first-order valence-corrected chi connectivity index (χ1v) is 8.15. The molecule has 5 heteroatoms. The van der Waals surface area contributed by atoms with Crippen LogP contribution in [0.1, 0.15) is 16.7 Å². The van der Waals surface area contributed by atoms with Gasteiger partial charge in [-0.3, -0.25) is 0 Å². The Labute approximate surface area is 149 Å². The minimum Gasteiger partial charge on any atom is -0.497 e. The highest BCUT2D eigenvalue weighted by Crippen LogP contribution is 2.25. The predicted molar refractivity (Wildman–Crippen MR) is 103 cm³/mol. The highest BCUT2D eigenvalue weighted by atomic mass is 32.1. The van der Waals surface area contributed by atoms with E-state index in [1.54, 1.807) is 14.2 Å². The van der Waals surface area contributed by atoms with Crippen LogP contribution in [0.5, 0.6) is 11.5 Å². The van der Waals surface area contributed by atoms with Crippen molar-refractivity contribution in [2.24, 2.45) is 0 Å². The van der Waals surface area contributed by atoms with Gasteiger partial charge >= 0.3 is 0 Å². The smallest absolute Gasteiger partial charge is 0.173 e. The van der Waals surface area contributed by atoms with Crippen molar-refractivity contribution in [2.75, 3.05) is 26.6 Å². The number of nitrogens with one attached hydrogen (secondary N) is 1. The van der Waals surface area contributed by atoms with E-state index in [4.69, 9.17) is 21.7 Å². The average molecular weight is 344 g/mol. The highest BCUT2D eigenvalue weighted by molar-refractivity contribution is 7.80. The fourth-order valence-corrected chi connectivity index (χ4v) is 2.76. The fraction of sp³-hybridized carbons (Fsp3) is 0.316. The standard InChI is InChI=1S/C19H24N2O2S/c1-13-8-14(2)10-16(9-13)20-19(24)21(3)12-15-6-7-17(22-4)11-18(15)23-5/h6-11H,12H2,1-5H3,(H,20,24). The van der Waals surface area contributed by atoms with Crippen LogP contribution in [-0.2, 0) is 6.54 Å². The number of nitrogens with zero attached hydrogens (tertiary/aromatic N) is 1. The summed E-state index contributed by atoms with van der Waals surface area (Å²) in [6, 6.07) is 12.1. The van der Waals surface area contributed by atoms with E-state index in [0.29, 0.717) is 11.7 Å². The van der Waals surface area contributed by atoms with Crippen LogP contribution >= 0.6 is 12.2 Å². The Hall–Kier alpha value is -2.27. The molecule has 0 aliphatic heterocycles. The minimum atomic E-state index is 0.643. The summed E-state index contributed by atoms with van der Waals surface area (Å²) in [4.78, 5) is 1.98. The maximum Gasteiger partial charge on any atom is 0.173 e. The van der Waals surface area contributed by atoms with E-state index >= 15 is 0 Å². The molecule has 0 aliphatic rings. The van der Waals surface area contributed by atoms with E-state index in [1.807, 2.05) is 30.1 Å². The molecule has 4 nitrogen and oxygen atoms in total. The van der Waals surface area contributed by atoms with Gasteiger partial charge in [0.15, 0.2) is 5.11 Å². The number of methoxy groups -OCH3 is 2. The normalized spacial score (nSPS) is 10.2. The van der Waals surface area contributed by atoms with Crippen LogP contribution < -0.4 is 14.8 Å². The molecule has 0 aliphatic carbocycles. The van der Waals surface area contributed by atoms with Gasteiger partial charge < -0.3 is 19.7 Å². The Kier molecular flexibility index (Phi) is 6.04. The lowest BCUT2D eigenvalue weighted by atomic mass is 10.1. The molecule has 2 aromatic carbocycles. The van der Waals surface area contributed by atoms with Gasteiger partial charge in [-0.2, -0.15) is 0 Å². The molecule has 0 heterocycles. The van der Waals surface area contributed by atoms with Crippen molar-refractivity contribution in [2.45, 2.75) is 20.4 Å². The van der Waals surface area contributed by atoms with Crippen LogP contribution in [0.4, 0.5) is 5.69 Å². The minimum absolute atomic E-state index is 0.643. The molecule has 0 bridgehead atoms. The number of benzene rings is 2. The molecule has 0 amide bonds. The summed E-state index contributed by atoms with van der Waals surface area (Å²) in [5.41, 5.74) is 4.47. The molecule has 1 N–H and O–H groups in total. The predicted octanol–water partition coefficient (Wildman–Crippen LogP) is 4.15. The third kappa shape index (κ3) is 4.61. The molecule has 2 aromatic rings. The Balaban J connectivity index is 2.08. The zero-order valence-corrected chi connectivity index (χ0v) is 15.7. The number of aryl methyl sites for hydroxylation is 2. The number of ether oxygens (including phenoxy) is 2. The zero-order chi connectivity index (χ0) is 17.7. The quantitative estimate of drug-likeness (QED) is 0.824. The molecule has 0 saturated carbocycles. The molecule has 0 saturated heterocycles. The van der Waals surface area contributed by atoms with Crippen molar-refractivity contribution >= 4 is 23.0 Å². The maximum absolute atomic E-state index is 5.52. The van der Waals surface area contributed by atoms with Gasteiger partial charge in [-0.25, -0.2) is 0 Å². The molecule has 0 spiro atoms. The molecule has 128 valence electrons. The molecule has 24 heavy (non-hydrogen) atoms. The summed E-state index contributed by atoms with van der Waals surface area (Å²) in [5, 5.41) is 3.96. The summed E-state index contributed by atoms with van der Waals surface area (Å²) in [5.74, 6) is 1.56. The highest BCUT2D eigenvalue weighted by Gasteiger charge is 2.11. The van der Waals surface area contributed by atoms with Crippen molar-refractivity contribution < 1.29 is 9.47 Å². The molecular weight excluding hydrogens is 320 g/mol. The topological polar surface area (TPSA) is 33.7 Å². The molecule has 0 atom stereocenters. The second-order valence-corrected chi connectivity index (χ2v) is 6.23. The van der Waals surface area contributed by atoms with Crippen LogP contribution in [0, 0.1) is 13.8 Å². The largest absolute Gasteiger partial charge is 0.497 e. The summed E-state index contributed by atoms with van der Waals surface area (Å²) >= 11 is 5.52. The molecule has 0 fully saturated rings. The van der Waals surface area contributed by atoms with Crippen molar-refractivity contribution in [3.8, 4) is 11.5 Å². The first-order valence-electron chi connectivity index (χ1n) is 7.74. The van der Waals surface area contributed by atoms with E-state index in [2.05, 4.69) is 37.4 Å². The summed E-state index contributed by atoms with van der Waals surface area (Å²) in [6.45, 7) is 4.80. The van der Waals surface area contributed by atoms with E-state index in [-0.39, 0.29) is 0 Å². The van der Waals surface area contributed by atoms with Gasteiger partial charge in [0.25, 0.3) is 0 Å². The average Bonchev–Trinajstić information content (AvgIpc) is 2.54. The Bertz CT molecular complexity index is 711. The number of thiocarbonyl (C=S) groups is 1. The van der Waals surface area contributed by atoms with Crippen molar-refractivity contribution in [3.05, 3.63) is 53.1 Å². The van der Waals surface area contributed by atoms with Gasteiger partial charge in [0, 0.05) is 30.9 Å². The van der Waals surface area contributed by atoms with Crippen molar-refractivity contribution in [1.82, 2.24) is 4.90 Å². The third-order valence-corrected chi connectivity index (χ3v) is 4.14. The first kappa shape index (κ1) is 18.1. The molecule has 2 rings (SSSR count). The Morgan fingerprint density at radius 3 is 2.29 bits per heavy atom. The van der Waals surface area contributed by atoms with Crippen LogP contribution in [-0.4, -0.2) is 31.3 Å². The van der Waals surface area contributed by atoms with Gasteiger partial charge in [-0.05, 0) is 61.5 Å². The summed E-state index contributed by atoms with van der Waals surface area (Å²) in [6.07, 6.45) is 0. The van der Waals surface area contributed by atoms with Crippen LogP contribution in [0.2, 0.25) is 0 Å². The second-order valence-electron chi connectivity index (χ2n) is 5.84. The maximum atomic E-state index is 5.52. The van der Waals surface area contributed by atoms with E-state index in [0.717, 1.165) is 22.7 Å². The number of anilines is 1. The Morgan fingerprint density at radius 1 is 1.04 bits per heavy atom. The van der Waals surface area contributed by atoms with Gasteiger partial charge in [0.05, 0.1) is 14.2 Å². The lowest BCUT2D eigenvalue weighted by Crippen LogP contribution is -2.30. The first-order chi connectivity index (χ1) is 11.4. The van der Waals surface area contributed by atoms with Crippen LogP contribution in [0.25, 0.3) is 0 Å². The zero-order valence-electron chi connectivity index (χ0n) is 14.8. The molecule has 0 aromatic heterocycles. The molecular formula is C19H24N2O2S. The van der Waals surface area contributed by atoms with E-state index in [9.17, 15) is 0 Å². The number of hydrogen-bond donors (Lipinski definition) is 1.